The van der Waals surface area contributed by atoms with Gasteiger partial charge < -0.3 is 9.47 Å². The van der Waals surface area contributed by atoms with E-state index < -0.39 is 5.41 Å². The summed E-state index contributed by atoms with van der Waals surface area (Å²) in [6, 6.07) is 85.4. The van der Waals surface area contributed by atoms with Crippen LogP contribution in [0.4, 0.5) is 17.1 Å². The topological polar surface area (TPSA) is 8.17 Å². The van der Waals surface area contributed by atoms with Crippen LogP contribution < -0.4 is 4.90 Å². The molecule has 0 aliphatic heterocycles. The number of para-hydroxylation sites is 1. The zero-order chi connectivity index (χ0) is 40.1. The highest BCUT2D eigenvalue weighted by Crippen LogP contribution is 2.63. The van der Waals surface area contributed by atoms with Crippen LogP contribution in [0.2, 0.25) is 0 Å². The molecule has 10 aromatic carbocycles. The lowest BCUT2D eigenvalue weighted by Crippen LogP contribution is -2.26. The first-order chi connectivity index (χ1) is 30.3. The highest BCUT2D eigenvalue weighted by molar-refractivity contribution is 6.11. The molecule has 0 unspecified atom stereocenters. The van der Waals surface area contributed by atoms with Crippen molar-refractivity contribution < 1.29 is 0 Å². The molecule has 2 aliphatic carbocycles. The highest BCUT2D eigenvalue weighted by Gasteiger charge is 2.51. The second-order valence-corrected chi connectivity index (χ2v) is 16.5. The predicted octanol–water partition coefficient (Wildman–Crippen LogP) is 15.4. The van der Waals surface area contributed by atoms with Gasteiger partial charge in [-0.25, -0.2) is 0 Å². The number of hydrogen-bond acceptors (Lipinski definition) is 1. The van der Waals surface area contributed by atoms with Crippen molar-refractivity contribution >= 4 is 49.6 Å². The third-order valence-corrected chi connectivity index (χ3v) is 13.4. The van der Waals surface area contributed by atoms with E-state index in [0.717, 1.165) is 22.7 Å². The van der Waals surface area contributed by atoms with Crippen molar-refractivity contribution in [1.82, 2.24) is 4.57 Å². The molecule has 0 bridgehead atoms. The molecule has 2 nitrogen and oxygen atoms in total. The van der Waals surface area contributed by atoms with Gasteiger partial charge in [-0.2, -0.15) is 0 Å². The summed E-state index contributed by atoms with van der Waals surface area (Å²) in [7, 11) is 0. The summed E-state index contributed by atoms with van der Waals surface area (Å²) in [6.45, 7) is 0. The van der Waals surface area contributed by atoms with E-state index in [1.165, 1.54) is 88.2 Å². The van der Waals surface area contributed by atoms with Crippen LogP contribution in [-0.2, 0) is 5.41 Å². The smallest absolute Gasteiger partial charge is 0.0726 e. The molecule has 61 heavy (non-hydrogen) atoms. The molecule has 2 aliphatic rings. The molecule has 11 aromatic rings. The van der Waals surface area contributed by atoms with Gasteiger partial charge in [0.1, 0.15) is 0 Å². The van der Waals surface area contributed by atoms with E-state index in [-0.39, 0.29) is 0 Å². The number of rotatable bonds is 5. The van der Waals surface area contributed by atoms with E-state index >= 15 is 0 Å². The lowest BCUT2D eigenvalue weighted by atomic mass is 9.70. The van der Waals surface area contributed by atoms with Gasteiger partial charge in [0.15, 0.2) is 0 Å². The molecule has 1 aromatic heterocycles. The Morgan fingerprint density at radius 3 is 1.56 bits per heavy atom. The van der Waals surface area contributed by atoms with Gasteiger partial charge in [0.25, 0.3) is 0 Å². The van der Waals surface area contributed by atoms with Crippen LogP contribution in [0.15, 0.2) is 231 Å². The van der Waals surface area contributed by atoms with Gasteiger partial charge in [-0.3, -0.25) is 0 Å². The quantitative estimate of drug-likeness (QED) is 0.169. The molecule has 0 fully saturated rings. The summed E-state index contributed by atoms with van der Waals surface area (Å²) in [5.74, 6) is 0. The summed E-state index contributed by atoms with van der Waals surface area (Å²) in [4.78, 5) is 2.46. The first-order valence-electron chi connectivity index (χ1n) is 21.2. The maximum atomic E-state index is 2.49. The minimum Gasteiger partial charge on any atom is -0.310 e. The summed E-state index contributed by atoms with van der Waals surface area (Å²) in [5.41, 5.74) is 19.4. The fourth-order valence-electron chi connectivity index (χ4n) is 10.8. The van der Waals surface area contributed by atoms with Gasteiger partial charge in [0.05, 0.1) is 16.4 Å². The normalized spacial score (nSPS) is 13.0. The summed E-state index contributed by atoms with van der Waals surface area (Å²) >= 11 is 0. The zero-order valence-electron chi connectivity index (χ0n) is 33.3. The molecular formula is C59H38N2. The molecule has 0 radical (unpaired) electrons. The van der Waals surface area contributed by atoms with Crippen LogP contribution in [-0.4, -0.2) is 4.57 Å². The van der Waals surface area contributed by atoms with Crippen LogP contribution in [0, 0.1) is 0 Å². The Bertz CT molecular complexity index is 3470. The Hall–Kier alpha value is -7.94. The molecule has 0 N–H and O–H groups in total. The monoisotopic (exact) mass is 774 g/mol. The van der Waals surface area contributed by atoms with Crippen molar-refractivity contribution in [2.24, 2.45) is 0 Å². The van der Waals surface area contributed by atoms with Gasteiger partial charge >= 0.3 is 0 Å². The molecule has 1 heterocycles. The number of fused-ring (bicyclic) bond motifs is 14. The molecule has 0 saturated carbocycles. The third kappa shape index (κ3) is 4.85. The largest absolute Gasteiger partial charge is 0.310 e. The van der Waals surface area contributed by atoms with E-state index in [2.05, 4.69) is 240 Å². The first-order valence-corrected chi connectivity index (χ1v) is 21.2. The highest BCUT2D eigenvalue weighted by atomic mass is 15.1. The molecule has 2 heteroatoms. The molecule has 13 rings (SSSR count). The van der Waals surface area contributed by atoms with Gasteiger partial charge in [-0.1, -0.05) is 176 Å². The van der Waals surface area contributed by atoms with Crippen LogP contribution in [0.1, 0.15) is 22.3 Å². The lowest BCUT2D eigenvalue weighted by molar-refractivity contribution is 0.793. The first kappa shape index (κ1) is 34.0. The van der Waals surface area contributed by atoms with Crippen molar-refractivity contribution in [3.63, 3.8) is 0 Å². The second kappa shape index (κ2) is 13.0. The zero-order valence-corrected chi connectivity index (χ0v) is 33.3. The van der Waals surface area contributed by atoms with Crippen molar-refractivity contribution in [1.29, 1.82) is 0 Å². The van der Waals surface area contributed by atoms with E-state index in [9.17, 15) is 0 Å². The van der Waals surface area contributed by atoms with Crippen molar-refractivity contribution in [3.8, 4) is 39.1 Å². The number of anilines is 3. The van der Waals surface area contributed by atoms with E-state index in [0.29, 0.717) is 0 Å². The Morgan fingerprint density at radius 1 is 0.311 bits per heavy atom. The molecule has 284 valence electrons. The molecular weight excluding hydrogens is 737 g/mol. The maximum absolute atomic E-state index is 2.49. The number of benzene rings is 10. The fraction of sp³-hybridized carbons (Fsp3) is 0.0169. The molecule has 1 spiro atoms. The number of aromatic nitrogens is 1. The van der Waals surface area contributed by atoms with Gasteiger partial charge in [-0.15, -0.1) is 0 Å². The molecule has 0 atom stereocenters. The molecule has 0 amide bonds. The number of hydrogen-bond donors (Lipinski definition) is 0. The average Bonchev–Trinajstić information content (AvgIpc) is 3.93. The Kier molecular flexibility index (Phi) is 7.26. The van der Waals surface area contributed by atoms with Crippen LogP contribution >= 0.6 is 0 Å². The predicted molar refractivity (Wildman–Crippen MR) is 255 cm³/mol. The van der Waals surface area contributed by atoms with Crippen molar-refractivity contribution in [3.05, 3.63) is 253 Å². The fourth-order valence-corrected chi connectivity index (χ4v) is 10.8. The van der Waals surface area contributed by atoms with E-state index in [1.54, 1.807) is 0 Å². The standard InChI is InChI=1S/C59H38N2/c1-2-14-39(15-3-1)41-26-29-43(30-27-41)60(46-33-35-52-51-21-9-13-25-57(51)61(58(52)38-46)44-31-28-40-16-4-5-17-42(40)36-44)45-32-34-50-49-20-8-12-24-55(49)59(56(50)37-45)53-22-10-6-18-47(53)48-19-7-11-23-54(48)59/h1-38H. The second-order valence-electron chi connectivity index (χ2n) is 16.5. The minimum absolute atomic E-state index is 0.440. The Balaban J connectivity index is 1.07. The van der Waals surface area contributed by atoms with E-state index in [4.69, 9.17) is 0 Å². The molecule has 0 saturated heterocycles. The average molecular weight is 775 g/mol. The summed E-state index contributed by atoms with van der Waals surface area (Å²) in [5, 5.41) is 4.94. The van der Waals surface area contributed by atoms with Crippen LogP contribution in [0.5, 0.6) is 0 Å². The summed E-state index contributed by atoms with van der Waals surface area (Å²) in [6.07, 6.45) is 0. The third-order valence-electron chi connectivity index (χ3n) is 13.4. The van der Waals surface area contributed by atoms with Gasteiger partial charge in [0.2, 0.25) is 0 Å². The van der Waals surface area contributed by atoms with Crippen molar-refractivity contribution in [2.45, 2.75) is 5.41 Å². The minimum atomic E-state index is -0.440. The van der Waals surface area contributed by atoms with Gasteiger partial charge in [-0.05, 0) is 121 Å². The summed E-state index contributed by atoms with van der Waals surface area (Å²) < 4.78 is 2.44. The number of nitrogens with zero attached hydrogens (tertiary/aromatic N) is 2. The lowest BCUT2D eigenvalue weighted by Gasteiger charge is -2.32. The van der Waals surface area contributed by atoms with E-state index in [1.807, 2.05) is 0 Å². The Morgan fingerprint density at radius 2 is 0.836 bits per heavy atom. The SMILES string of the molecule is c1ccc(-c2ccc(N(c3ccc4c(c3)C3(c5ccccc5-c5ccccc53)c3ccccc3-4)c3ccc4c5ccccc5n(-c5ccc6ccccc6c5)c4c3)cc2)cc1. The van der Waals surface area contributed by atoms with Gasteiger partial charge in [0, 0.05) is 33.5 Å². The Labute approximate surface area is 354 Å². The van der Waals surface area contributed by atoms with Crippen LogP contribution in [0.3, 0.4) is 0 Å². The maximum Gasteiger partial charge on any atom is 0.0726 e. The van der Waals surface area contributed by atoms with Crippen molar-refractivity contribution in [2.75, 3.05) is 4.90 Å². The van der Waals surface area contributed by atoms with Crippen LogP contribution in [0.25, 0.3) is 71.6 Å².